The van der Waals surface area contributed by atoms with Crippen molar-refractivity contribution in [3.8, 4) is 0 Å². The average molecular weight is 612 g/mol. The molecule has 0 aliphatic rings. The normalized spacial score (nSPS) is 11.9. The van der Waals surface area contributed by atoms with Crippen LogP contribution in [0.1, 0.15) is 207 Å². The monoisotopic (exact) mass is 612 g/mol. The van der Waals surface area contributed by atoms with Gasteiger partial charge in [-0.2, -0.15) is 0 Å². The molecule has 5 heteroatoms. The molecule has 0 saturated carbocycles. The maximum absolute atomic E-state index is 12.5. The zero-order valence-corrected chi connectivity index (χ0v) is 29.7. The van der Waals surface area contributed by atoms with Gasteiger partial charge < -0.3 is 19.9 Å². The number of aliphatic hydroxyl groups excluding tert-OH is 1. The molecule has 2 N–H and O–H groups in total. The fraction of sp³-hybridized carbons (Fsp3) is 0.974. The van der Waals surface area contributed by atoms with Crippen LogP contribution in [0.5, 0.6) is 0 Å². The quantitative estimate of drug-likeness (QED) is 0.0710. The zero-order valence-electron chi connectivity index (χ0n) is 29.7. The van der Waals surface area contributed by atoms with Gasteiger partial charge in [0, 0.05) is 19.8 Å². The summed E-state index contributed by atoms with van der Waals surface area (Å²) >= 11 is 0. The molecule has 0 spiro atoms. The Labute approximate surface area is 269 Å². The molecular formula is C38H77NO4. The second kappa shape index (κ2) is 32.6. The molecule has 0 aromatic carbocycles. The molecule has 0 saturated heterocycles. The number of hydrogen-bond donors (Lipinski definition) is 2. The first kappa shape index (κ1) is 42.2. The summed E-state index contributed by atoms with van der Waals surface area (Å²) in [4.78, 5) is 12.5. The lowest BCUT2D eigenvalue weighted by Crippen LogP contribution is -2.31. The Hall–Kier alpha value is -0.810. The van der Waals surface area contributed by atoms with Gasteiger partial charge in [0.1, 0.15) is 6.10 Å². The average Bonchev–Trinajstić information content (AvgIpc) is 2.97. The third-order valence-electron chi connectivity index (χ3n) is 8.83. The van der Waals surface area contributed by atoms with E-state index in [0.717, 1.165) is 32.1 Å². The zero-order chi connectivity index (χ0) is 31.7. The fourth-order valence-electron chi connectivity index (χ4n) is 5.83. The first-order valence-corrected chi connectivity index (χ1v) is 19.1. The molecule has 0 rings (SSSR count). The molecule has 0 unspecified atom stereocenters. The van der Waals surface area contributed by atoms with Crippen molar-refractivity contribution in [1.82, 2.24) is 5.32 Å². The van der Waals surface area contributed by atoms with Crippen LogP contribution in [0, 0.1) is 0 Å². The van der Waals surface area contributed by atoms with Crippen molar-refractivity contribution in [2.45, 2.75) is 219 Å². The summed E-state index contributed by atoms with van der Waals surface area (Å²) in [6.07, 6.45) is 35.4. The summed E-state index contributed by atoms with van der Waals surface area (Å²) in [5.41, 5.74) is -0.331. The van der Waals surface area contributed by atoms with Gasteiger partial charge >= 0.3 is 6.09 Å². The van der Waals surface area contributed by atoms with Crippen molar-refractivity contribution in [3.63, 3.8) is 0 Å². The van der Waals surface area contributed by atoms with Crippen LogP contribution in [0.3, 0.4) is 0 Å². The second-order valence-corrected chi connectivity index (χ2v) is 13.7. The van der Waals surface area contributed by atoms with Crippen LogP contribution in [0.25, 0.3) is 0 Å². The van der Waals surface area contributed by atoms with Crippen LogP contribution in [0.15, 0.2) is 0 Å². The van der Waals surface area contributed by atoms with Crippen molar-refractivity contribution in [2.75, 3.05) is 19.8 Å². The first-order chi connectivity index (χ1) is 20.9. The van der Waals surface area contributed by atoms with Gasteiger partial charge in [-0.1, -0.05) is 155 Å². The maximum atomic E-state index is 12.5. The van der Waals surface area contributed by atoms with Crippen LogP contribution >= 0.6 is 0 Å². The fourth-order valence-corrected chi connectivity index (χ4v) is 5.83. The van der Waals surface area contributed by atoms with E-state index in [1.807, 2.05) is 13.8 Å². The lowest BCUT2D eigenvalue weighted by molar-refractivity contribution is -0.0332. The van der Waals surface area contributed by atoms with Crippen molar-refractivity contribution >= 4 is 6.09 Å². The molecule has 0 aliphatic heterocycles. The number of unbranched alkanes of at least 4 members (excludes halogenated alkanes) is 22. The molecular weight excluding hydrogens is 534 g/mol. The summed E-state index contributed by atoms with van der Waals surface area (Å²) < 4.78 is 11.7. The summed E-state index contributed by atoms with van der Waals surface area (Å²) in [6, 6.07) is 0. The number of ether oxygens (including phenoxy) is 2. The smallest absolute Gasteiger partial charge is 0.407 e. The highest BCUT2D eigenvalue weighted by molar-refractivity contribution is 5.67. The van der Waals surface area contributed by atoms with E-state index in [9.17, 15) is 4.79 Å². The van der Waals surface area contributed by atoms with Crippen molar-refractivity contribution in [2.24, 2.45) is 0 Å². The van der Waals surface area contributed by atoms with E-state index in [1.165, 1.54) is 141 Å². The highest BCUT2D eigenvalue weighted by atomic mass is 16.6. The van der Waals surface area contributed by atoms with Gasteiger partial charge in [-0.15, -0.1) is 0 Å². The van der Waals surface area contributed by atoms with Gasteiger partial charge in [0.25, 0.3) is 0 Å². The minimum absolute atomic E-state index is 0.0333. The van der Waals surface area contributed by atoms with Gasteiger partial charge in [-0.3, -0.25) is 0 Å². The van der Waals surface area contributed by atoms with Crippen molar-refractivity contribution < 1.29 is 19.4 Å². The Kier molecular flexibility index (Phi) is 32.0. The molecule has 258 valence electrons. The van der Waals surface area contributed by atoms with Crippen LogP contribution in [-0.2, 0) is 9.47 Å². The Morgan fingerprint density at radius 3 is 1.35 bits per heavy atom. The number of nitrogens with one attached hydrogen (secondary N) is 1. The van der Waals surface area contributed by atoms with Gasteiger partial charge in [0.05, 0.1) is 5.60 Å². The van der Waals surface area contributed by atoms with Crippen LogP contribution in [-0.4, -0.2) is 42.7 Å². The second-order valence-electron chi connectivity index (χ2n) is 13.7. The van der Waals surface area contributed by atoms with Gasteiger partial charge in [-0.25, -0.2) is 4.79 Å². The molecule has 0 bridgehead atoms. The Bertz CT molecular complexity index is 540. The van der Waals surface area contributed by atoms with Crippen LogP contribution in [0.2, 0.25) is 0 Å². The van der Waals surface area contributed by atoms with Crippen molar-refractivity contribution in [1.29, 1.82) is 0 Å². The molecule has 0 fully saturated rings. The van der Waals surface area contributed by atoms with E-state index in [0.29, 0.717) is 19.6 Å². The molecule has 0 aliphatic carbocycles. The summed E-state index contributed by atoms with van der Waals surface area (Å²) in [6.45, 7) is 9.78. The standard InChI is InChI=1S/C38H77NO4/c1-5-7-9-11-13-15-17-19-21-23-25-27-30-36(31-28-26-24-22-20-18-16-14-12-10-8-6-2)43-37(41)39-33-29-35-42-38(3,4)32-34-40/h36,40H,5-35H2,1-4H3,(H,39,41). The molecule has 0 aromatic heterocycles. The lowest BCUT2D eigenvalue weighted by Gasteiger charge is -2.24. The molecule has 0 radical (unpaired) electrons. The summed E-state index contributed by atoms with van der Waals surface area (Å²) in [5.74, 6) is 0. The lowest BCUT2D eigenvalue weighted by atomic mass is 10.0. The number of hydrogen-bond acceptors (Lipinski definition) is 4. The topological polar surface area (TPSA) is 67.8 Å². The molecule has 1 amide bonds. The Morgan fingerprint density at radius 2 is 0.977 bits per heavy atom. The Balaban J connectivity index is 4.15. The molecule has 5 nitrogen and oxygen atoms in total. The number of carbonyl (C=O) groups is 1. The van der Waals surface area contributed by atoms with Gasteiger partial charge in [0.15, 0.2) is 0 Å². The van der Waals surface area contributed by atoms with Gasteiger partial charge in [0.2, 0.25) is 0 Å². The van der Waals surface area contributed by atoms with Crippen LogP contribution in [0.4, 0.5) is 4.79 Å². The van der Waals surface area contributed by atoms with Crippen LogP contribution < -0.4 is 5.32 Å². The molecule has 0 aromatic rings. The number of aliphatic hydroxyl groups is 1. The first-order valence-electron chi connectivity index (χ1n) is 19.1. The summed E-state index contributed by atoms with van der Waals surface area (Å²) in [5, 5.41) is 12.1. The third-order valence-corrected chi connectivity index (χ3v) is 8.83. The minimum Gasteiger partial charge on any atom is -0.446 e. The predicted octanol–water partition coefficient (Wildman–Crippen LogP) is 11.8. The predicted molar refractivity (Wildman–Crippen MR) is 186 cm³/mol. The largest absolute Gasteiger partial charge is 0.446 e. The van der Waals surface area contributed by atoms with E-state index in [4.69, 9.17) is 14.6 Å². The number of carbonyl (C=O) groups excluding carboxylic acids is 1. The number of amides is 1. The SMILES string of the molecule is CCCCCCCCCCCCCCC(CCCCCCCCCCCCCC)OC(=O)NCCCOC(C)(C)CCO. The number of rotatable bonds is 34. The maximum Gasteiger partial charge on any atom is 0.407 e. The highest BCUT2D eigenvalue weighted by Crippen LogP contribution is 2.19. The van der Waals surface area contributed by atoms with E-state index >= 15 is 0 Å². The third kappa shape index (κ3) is 32.4. The van der Waals surface area contributed by atoms with E-state index < -0.39 is 0 Å². The van der Waals surface area contributed by atoms with E-state index in [2.05, 4.69) is 19.2 Å². The number of alkyl carbamates (subject to hydrolysis) is 1. The Morgan fingerprint density at radius 1 is 0.605 bits per heavy atom. The highest BCUT2D eigenvalue weighted by Gasteiger charge is 2.17. The molecule has 43 heavy (non-hydrogen) atoms. The van der Waals surface area contributed by atoms with Gasteiger partial charge in [-0.05, 0) is 52.4 Å². The van der Waals surface area contributed by atoms with E-state index in [-0.39, 0.29) is 24.4 Å². The minimum atomic E-state index is -0.331. The molecule has 0 atom stereocenters. The van der Waals surface area contributed by atoms with Crippen molar-refractivity contribution in [3.05, 3.63) is 0 Å². The summed E-state index contributed by atoms with van der Waals surface area (Å²) in [7, 11) is 0. The van der Waals surface area contributed by atoms with E-state index in [1.54, 1.807) is 0 Å². The molecule has 0 heterocycles.